The summed E-state index contributed by atoms with van der Waals surface area (Å²) in [6.07, 6.45) is 4.67. The summed E-state index contributed by atoms with van der Waals surface area (Å²) in [5, 5.41) is 7.06. The lowest BCUT2D eigenvalue weighted by atomic mass is 10.2. The van der Waals surface area contributed by atoms with Crippen LogP contribution < -0.4 is 5.32 Å². The summed E-state index contributed by atoms with van der Waals surface area (Å²) in [4.78, 5) is 20.4. The number of halogens is 1. The first kappa shape index (κ1) is 15.4. The van der Waals surface area contributed by atoms with Crippen LogP contribution in [0.4, 0.5) is 5.82 Å². The first-order valence-corrected chi connectivity index (χ1v) is 7.77. The zero-order valence-electron chi connectivity index (χ0n) is 12.4. The Kier molecular flexibility index (Phi) is 4.47. The van der Waals surface area contributed by atoms with Crippen molar-refractivity contribution in [2.75, 3.05) is 5.32 Å². The van der Waals surface area contributed by atoms with E-state index in [0.717, 1.165) is 15.7 Å². The van der Waals surface area contributed by atoms with E-state index in [2.05, 4.69) is 36.3 Å². The number of hydrogen-bond acceptors (Lipinski definition) is 4. The van der Waals surface area contributed by atoms with Crippen LogP contribution in [0, 0.1) is 6.92 Å². The normalized spacial score (nSPS) is 10.5. The number of carbonyl (C=O) groups excluding carboxylic acids is 1. The minimum absolute atomic E-state index is 0.270. The van der Waals surface area contributed by atoms with Gasteiger partial charge in [0, 0.05) is 16.7 Å². The van der Waals surface area contributed by atoms with E-state index in [1.54, 1.807) is 23.1 Å². The van der Waals surface area contributed by atoms with E-state index < -0.39 is 0 Å². The van der Waals surface area contributed by atoms with E-state index >= 15 is 0 Å². The summed E-state index contributed by atoms with van der Waals surface area (Å²) in [6.45, 7) is 2.39. The first-order chi connectivity index (χ1) is 11.1. The second-order valence-corrected chi connectivity index (χ2v) is 5.91. The lowest BCUT2D eigenvalue weighted by Gasteiger charge is -2.09. The van der Waals surface area contributed by atoms with Gasteiger partial charge in [0.1, 0.15) is 11.5 Å². The van der Waals surface area contributed by atoms with Crippen LogP contribution in [0.1, 0.15) is 21.7 Å². The molecule has 3 aromatic rings. The molecule has 0 aliphatic carbocycles. The molecule has 3 rings (SSSR count). The Balaban J connectivity index is 1.74. The van der Waals surface area contributed by atoms with E-state index in [0.29, 0.717) is 12.4 Å². The highest BCUT2D eigenvalue weighted by molar-refractivity contribution is 9.10. The molecule has 1 N–H and O–H groups in total. The fourth-order valence-electron chi connectivity index (χ4n) is 2.02. The number of rotatable bonds is 4. The van der Waals surface area contributed by atoms with Gasteiger partial charge in [-0.15, -0.1) is 0 Å². The Morgan fingerprint density at radius 2 is 1.96 bits per heavy atom. The highest BCUT2D eigenvalue weighted by Crippen LogP contribution is 2.14. The van der Waals surface area contributed by atoms with Crippen molar-refractivity contribution in [2.45, 2.75) is 13.5 Å². The number of anilines is 1. The zero-order valence-corrected chi connectivity index (χ0v) is 14.0. The van der Waals surface area contributed by atoms with Gasteiger partial charge in [-0.3, -0.25) is 9.78 Å². The molecule has 6 nitrogen and oxygen atoms in total. The number of aromatic nitrogens is 4. The summed E-state index contributed by atoms with van der Waals surface area (Å²) in [7, 11) is 0. The summed E-state index contributed by atoms with van der Waals surface area (Å²) in [6, 6.07) is 9.70. The molecule has 0 aliphatic rings. The number of aryl methyl sites for hydroxylation is 1. The molecule has 0 fully saturated rings. The van der Waals surface area contributed by atoms with E-state index in [1.807, 2.05) is 31.2 Å². The maximum Gasteiger partial charge on any atom is 0.277 e. The van der Waals surface area contributed by atoms with Crippen molar-refractivity contribution in [3.63, 3.8) is 0 Å². The summed E-state index contributed by atoms with van der Waals surface area (Å²) >= 11 is 3.41. The molecular formula is C16H14BrN5O. The molecule has 0 radical (unpaired) electrons. The second-order valence-electron chi connectivity index (χ2n) is 5.00. The van der Waals surface area contributed by atoms with Gasteiger partial charge in [0.05, 0.1) is 24.6 Å². The Hall–Kier alpha value is -2.54. The minimum Gasteiger partial charge on any atom is -0.305 e. The topological polar surface area (TPSA) is 72.7 Å². The number of benzene rings is 1. The zero-order chi connectivity index (χ0) is 16.2. The fraction of sp³-hybridized carbons (Fsp3) is 0.125. The third kappa shape index (κ3) is 3.81. The highest BCUT2D eigenvalue weighted by atomic mass is 79.9. The predicted octanol–water partition coefficient (Wildman–Crippen LogP) is 3.04. The van der Waals surface area contributed by atoms with Gasteiger partial charge >= 0.3 is 0 Å². The number of hydrogen-bond donors (Lipinski definition) is 1. The van der Waals surface area contributed by atoms with Crippen molar-refractivity contribution in [3.8, 4) is 0 Å². The molecule has 0 atom stereocenters. The molecule has 2 aromatic heterocycles. The van der Waals surface area contributed by atoms with E-state index in [1.165, 1.54) is 6.20 Å². The molecule has 0 saturated heterocycles. The largest absolute Gasteiger partial charge is 0.305 e. The second kappa shape index (κ2) is 6.70. The maximum absolute atomic E-state index is 12.2. The molecule has 116 valence electrons. The number of carbonyl (C=O) groups is 1. The Bertz CT molecular complexity index is 811. The molecule has 0 aliphatic heterocycles. The smallest absolute Gasteiger partial charge is 0.277 e. The molecule has 0 spiro atoms. The van der Waals surface area contributed by atoms with Gasteiger partial charge in [-0.05, 0) is 24.6 Å². The predicted molar refractivity (Wildman–Crippen MR) is 90.2 cm³/mol. The van der Waals surface area contributed by atoms with Crippen molar-refractivity contribution in [1.29, 1.82) is 0 Å². The molecular weight excluding hydrogens is 358 g/mol. The fourth-order valence-corrected chi connectivity index (χ4v) is 2.28. The van der Waals surface area contributed by atoms with Crippen LogP contribution in [0.2, 0.25) is 0 Å². The quantitative estimate of drug-likeness (QED) is 0.764. The van der Waals surface area contributed by atoms with Crippen molar-refractivity contribution < 1.29 is 4.79 Å². The Morgan fingerprint density at radius 3 is 2.65 bits per heavy atom. The van der Waals surface area contributed by atoms with Crippen LogP contribution in [-0.4, -0.2) is 25.7 Å². The van der Waals surface area contributed by atoms with Crippen LogP contribution in [-0.2, 0) is 6.54 Å². The molecule has 0 unspecified atom stereocenters. The van der Waals surface area contributed by atoms with Gasteiger partial charge < -0.3 is 5.32 Å². The number of nitrogens with zero attached hydrogens (tertiary/aromatic N) is 4. The molecule has 7 heteroatoms. The van der Waals surface area contributed by atoms with Crippen LogP contribution >= 0.6 is 15.9 Å². The standard InChI is InChI=1S/C16H14BrN5O/c1-11-8-19-14(9-18-11)16(23)21-15-6-7-20-22(15)10-12-2-4-13(17)5-3-12/h2-9H,10H2,1H3,(H,21,23). The monoisotopic (exact) mass is 371 g/mol. The van der Waals surface area contributed by atoms with Gasteiger partial charge in [0.25, 0.3) is 5.91 Å². The minimum atomic E-state index is -0.310. The van der Waals surface area contributed by atoms with Gasteiger partial charge in [-0.25, -0.2) is 9.67 Å². The van der Waals surface area contributed by atoms with E-state index in [9.17, 15) is 4.79 Å². The Labute approximate surface area is 141 Å². The third-order valence-corrected chi connectivity index (χ3v) is 3.75. The average molecular weight is 372 g/mol. The van der Waals surface area contributed by atoms with Gasteiger partial charge in [0.15, 0.2) is 0 Å². The molecule has 1 amide bonds. The third-order valence-electron chi connectivity index (χ3n) is 3.22. The lowest BCUT2D eigenvalue weighted by molar-refractivity contribution is 0.102. The molecule has 23 heavy (non-hydrogen) atoms. The summed E-state index contributed by atoms with van der Waals surface area (Å²) in [5.41, 5.74) is 2.12. The molecule has 2 heterocycles. The number of amides is 1. The van der Waals surface area contributed by atoms with Crippen molar-refractivity contribution in [1.82, 2.24) is 19.7 Å². The van der Waals surface area contributed by atoms with Crippen molar-refractivity contribution in [3.05, 3.63) is 70.3 Å². The van der Waals surface area contributed by atoms with Gasteiger partial charge in [-0.2, -0.15) is 5.10 Å². The highest BCUT2D eigenvalue weighted by Gasteiger charge is 2.11. The number of nitrogens with one attached hydrogen (secondary N) is 1. The molecule has 1 aromatic carbocycles. The van der Waals surface area contributed by atoms with Crippen molar-refractivity contribution in [2.24, 2.45) is 0 Å². The SMILES string of the molecule is Cc1cnc(C(=O)Nc2ccnn2Cc2ccc(Br)cc2)cn1. The van der Waals surface area contributed by atoms with E-state index in [-0.39, 0.29) is 11.6 Å². The van der Waals surface area contributed by atoms with Gasteiger partial charge in [0.2, 0.25) is 0 Å². The van der Waals surface area contributed by atoms with Gasteiger partial charge in [-0.1, -0.05) is 28.1 Å². The summed E-state index contributed by atoms with van der Waals surface area (Å²) < 4.78 is 2.75. The average Bonchev–Trinajstić information content (AvgIpc) is 2.97. The van der Waals surface area contributed by atoms with Crippen molar-refractivity contribution >= 4 is 27.7 Å². The van der Waals surface area contributed by atoms with E-state index in [4.69, 9.17) is 0 Å². The summed E-state index contributed by atoms with van der Waals surface area (Å²) in [5.74, 6) is 0.301. The van der Waals surface area contributed by atoms with Crippen LogP contribution in [0.25, 0.3) is 0 Å². The molecule has 0 saturated carbocycles. The first-order valence-electron chi connectivity index (χ1n) is 6.98. The van der Waals surface area contributed by atoms with Crippen LogP contribution in [0.3, 0.4) is 0 Å². The van der Waals surface area contributed by atoms with Crippen LogP contribution in [0.15, 0.2) is 53.4 Å². The van der Waals surface area contributed by atoms with Crippen LogP contribution in [0.5, 0.6) is 0 Å². The Morgan fingerprint density at radius 1 is 1.17 bits per heavy atom. The maximum atomic E-state index is 12.2. The molecule has 0 bridgehead atoms. The lowest BCUT2D eigenvalue weighted by Crippen LogP contribution is -2.17.